The van der Waals surface area contributed by atoms with Crippen molar-refractivity contribution in [1.29, 1.82) is 0 Å². The fourth-order valence-corrected chi connectivity index (χ4v) is 1.55. The van der Waals surface area contributed by atoms with Gasteiger partial charge in [-0.2, -0.15) is 0 Å². The van der Waals surface area contributed by atoms with Gasteiger partial charge in [0.1, 0.15) is 23.7 Å². The van der Waals surface area contributed by atoms with Crippen molar-refractivity contribution < 1.29 is 28.6 Å². The number of carboxylic acid groups (broad SMARTS) is 1. The van der Waals surface area contributed by atoms with Crippen molar-refractivity contribution in [3.63, 3.8) is 0 Å². The van der Waals surface area contributed by atoms with Crippen molar-refractivity contribution in [3.05, 3.63) is 34.9 Å². The molecule has 0 radical (unpaired) electrons. The van der Waals surface area contributed by atoms with Crippen molar-refractivity contribution in [2.24, 2.45) is 0 Å². The molecule has 0 fully saturated rings. The first-order valence-corrected chi connectivity index (χ1v) is 5.47. The number of aliphatic hydroxyl groups is 1. The molecule has 5 nitrogen and oxygen atoms in total. The molecule has 0 saturated carbocycles. The number of benzene rings is 1. The summed E-state index contributed by atoms with van der Waals surface area (Å²) < 4.78 is 27.2. The van der Waals surface area contributed by atoms with E-state index in [-0.39, 0.29) is 12.0 Å². The van der Waals surface area contributed by atoms with Crippen LogP contribution in [0.1, 0.15) is 22.8 Å². The number of aliphatic carboxylic acids is 1. The Bertz CT molecular complexity index is 479. The Labute approximate surface area is 107 Å². The zero-order valence-corrected chi connectivity index (χ0v) is 10.1. The van der Waals surface area contributed by atoms with Crippen LogP contribution in [0.3, 0.4) is 0 Å². The third-order valence-electron chi connectivity index (χ3n) is 2.26. The standard InChI is InChI=1S/C12H13F2NO4/c1-6(16)2-7-3-8(13)11(9(14)4-7)12(19)15-5-10(17)18/h3-4,6,16H,2,5H2,1H3,(H,15,19)(H,17,18). The fourth-order valence-electron chi connectivity index (χ4n) is 1.55. The van der Waals surface area contributed by atoms with Gasteiger partial charge in [0.25, 0.3) is 5.91 Å². The highest BCUT2D eigenvalue weighted by atomic mass is 19.1. The van der Waals surface area contributed by atoms with Crippen molar-refractivity contribution in [1.82, 2.24) is 5.32 Å². The van der Waals surface area contributed by atoms with Crippen LogP contribution in [0.25, 0.3) is 0 Å². The largest absolute Gasteiger partial charge is 0.480 e. The molecule has 0 heterocycles. The molecular formula is C12H13F2NO4. The van der Waals surface area contributed by atoms with E-state index in [2.05, 4.69) is 0 Å². The molecule has 0 aliphatic rings. The number of halogens is 2. The number of carbonyl (C=O) groups is 2. The van der Waals surface area contributed by atoms with Crippen LogP contribution in [0, 0.1) is 11.6 Å². The maximum absolute atomic E-state index is 13.6. The van der Waals surface area contributed by atoms with Gasteiger partial charge in [0.05, 0.1) is 6.10 Å². The van der Waals surface area contributed by atoms with Crippen molar-refractivity contribution in [2.45, 2.75) is 19.4 Å². The molecule has 1 amide bonds. The lowest BCUT2D eigenvalue weighted by molar-refractivity contribution is -0.135. The molecule has 19 heavy (non-hydrogen) atoms. The van der Waals surface area contributed by atoms with Crippen LogP contribution >= 0.6 is 0 Å². The van der Waals surface area contributed by atoms with Gasteiger partial charge in [-0.3, -0.25) is 9.59 Å². The number of carbonyl (C=O) groups excluding carboxylic acids is 1. The molecule has 0 aromatic heterocycles. The van der Waals surface area contributed by atoms with Crippen molar-refractivity contribution >= 4 is 11.9 Å². The van der Waals surface area contributed by atoms with Crippen molar-refractivity contribution in [2.75, 3.05) is 6.54 Å². The molecule has 1 rings (SSSR count). The first kappa shape index (κ1) is 15.0. The summed E-state index contributed by atoms with van der Waals surface area (Å²) in [6.07, 6.45) is -0.726. The average molecular weight is 273 g/mol. The van der Waals surface area contributed by atoms with E-state index in [1.54, 1.807) is 0 Å². The summed E-state index contributed by atoms with van der Waals surface area (Å²) in [5, 5.41) is 19.4. The highest BCUT2D eigenvalue weighted by molar-refractivity contribution is 5.96. The summed E-state index contributed by atoms with van der Waals surface area (Å²) in [4.78, 5) is 21.7. The summed E-state index contributed by atoms with van der Waals surface area (Å²) in [6.45, 7) is 0.733. The highest BCUT2D eigenvalue weighted by Gasteiger charge is 2.19. The van der Waals surface area contributed by atoms with E-state index in [0.717, 1.165) is 12.1 Å². The molecule has 0 spiro atoms. The number of hydrogen-bond donors (Lipinski definition) is 3. The Morgan fingerprint density at radius 3 is 2.26 bits per heavy atom. The van der Waals surface area contributed by atoms with Crippen LogP contribution < -0.4 is 5.32 Å². The Balaban J connectivity index is 2.96. The van der Waals surface area contributed by atoms with Gasteiger partial charge in [-0.05, 0) is 31.0 Å². The summed E-state index contributed by atoms with van der Waals surface area (Å²) >= 11 is 0. The second-order valence-corrected chi connectivity index (χ2v) is 4.06. The molecule has 104 valence electrons. The Hall–Kier alpha value is -2.02. The van der Waals surface area contributed by atoms with E-state index in [0.29, 0.717) is 0 Å². The van der Waals surface area contributed by atoms with Gasteiger partial charge in [-0.25, -0.2) is 8.78 Å². The van der Waals surface area contributed by atoms with Crippen LogP contribution in [0.5, 0.6) is 0 Å². The molecule has 3 N–H and O–H groups in total. The highest BCUT2D eigenvalue weighted by Crippen LogP contribution is 2.16. The fraction of sp³-hybridized carbons (Fsp3) is 0.333. The van der Waals surface area contributed by atoms with Gasteiger partial charge < -0.3 is 15.5 Å². The van der Waals surface area contributed by atoms with E-state index in [4.69, 9.17) is 10.2 Å². The number of rotatable bonds is 5. The van der Waals surface area contributed by atoms with Gasteiger partial charge in [0.15, 0.2) is 0 Å². The topological polar surface area (TPSA) is 86.6 Å². The molecular weight excluding hydrogens is 260 g/mol. The second-order valence-electron chi connectivity index (χ2n) is 4.06. The molecule has 1 aromatic carbocycles. The van der Waals surface area contributed by atoms with Crippen molar-refractivity contribution in [3.8, 4) is 0 Å². The predicted octanol–water partition coefficient (Wildman–Crippen LogP) is 0.703. The summed E-state index contributed by atoms with van der Waals surface area (Å²) in [5.74, 6) is -4.65. The first-order chi connectivity index (χ1) is 8.81. The zero-order valence-electron chi connectivity index (χ0n) is 10.1. The lowest BCUT2D eigenvalue weighted by atomic mass is 10.0. The minimum atomic E-state index is -1.32. The minimum absolute atomic E-state index is 0.0465. The first-order valence-electron chi connectivity index (χ1n) is 5.47. The maximum atomic E-state index is 13.6. The molecule has 7 heteroatoms. The van der Waals surface area contributed by atoms with E-state index >= 15 is 0 Å². The zero-order chi connectivity index (χ0) is 14.6. The van der Waals surface area contributed by atoms with Gasteiger partial charge in [-0.15, -0.1) is 0 Å². The molecule has 0 saturated heterocycles. The average Bonchev–Trinajstić information content (AvgIpc) is 2.24. The number of nitrogens with one attached hydrogen (secondary N) is 1. The van der Waals surface area contributed by atoms with E-state index in [1.807, 2.05) is 5.32 Å². The monoisotopic (exact) mass is 273 g/mol. The molecule has 0 aliphatic heterocycles. The smallest absolute Gasteiger partial charge is 0.322 e. The number of amides is 1. The van der Waals surface area contributed by atoms with Gasteiger partial charge in [0, 0.05) is 0 Å². The normalized spacial score (nSPS) is 12.0. The predicted molar refractivity (Wildman–Crippen MR) is 61.7 cm³/mol. The number of aliphatic hydroxyl groups excluding tert-OH is 1. The van der Waals surface area contributed by atoms with Crippen LogP contribution in [0.15, 0.2) is 12.1 Å². The third kappa shape index (κ3) is 4.29. The van der Waals surface area contributed by atoms with Gasteiger partial charge in [0.2, 0.25) is 0 Å². The summed E-state index contributed by atoms with van der Waals surface area (Å²) in [5.41, 5.74) is -0.629. The quantitative estimate of drug-likeness (QED) is 0.737. The molecule has 1 aromatic rings. The SMILES string of the molecule is CC(O)Cc1cc(F)c(C(=O)NCC(=O)O)c(F)c1. The number of hydrogen-bond acceptors (Lipinski definition) is 3. The van der Waals surface area contributed by atoms with Gasteiger partial charge in [-0.1, -0.05) is 0 Å². The van der Waals surface area contributed by atoms with E-state index in [1.165, 1.54) is 6.92 Å². The lowest BCUT2D eigenvalue weighted by Crippen LogP contribution is -2.30. The van der Waals surface area contributed by atoms with E-state index < -0.39 is 41.7 Å². The lowest BCUT2D eigenvalue weighted by Gasteiger charge is -2.09. The molecule has 0 aliphatic carbocycles. The minimum Gasteiger partial charge on any atom is -0.480 e. The van der Waals surface area contributed by atoms with Gasteiger partial charge >= 0.3 is 5.97 Å². The molecule has 1 atom stereocenters. The molecule has 0 bridgehead atoms. The molecule has 1 unspecified atom stereocenters. The van der Waals surface area contributed by atoms with Crippen LogP contribution in [-0.2, 0) is 11.2 Å². The van der Waals surface area contributed by atoms with Crippen LogP contribution in [-0.4, -0.2) is 34.7 Å². The van der Waals surface area contributed by atoms with Crippen LogP contribution in [0.4, 0.5) is 8.78 Å². The third-order valence-corrected chi connectivity index (χ3v) is 2.26. The number of carboxylic acids is 1. The van der Waals surface area contributed by atoms with Crippen LogP contribution in [0.2, 0.25) is 0 Å². The summed E-state index contributed by atoms with van der Waals surface area (Å²) in [7, 11) is 0. The second kappa shape index (κ2) is 6.24. The summed E-state index contributed by atoms with van der Waals surface area (Å²) in [6, 6.07) is 1.87. The Kier molecular flexibility index (Phi) is 4.94. The Morgan fingerprint density at radius 2 is 1.84 bits per heavy atom. The Morgan fingerprint density at radius 1 is 1.32 bits per heavy atom. The van der Waals surface area contributed by atoms with E-state index in [9.17, 15) is 18.4 Å². The maximum Gasteiger partial charge on any atom is 0.322 e.